The molecule has 0 aliphatic heterocycles. The molecule has 3 atom stereocenters. The molecule has 6 N–H and O–H groups in total. The SMILES string of the molecule is O=C(C(O)=CO)C(O)C(O)C(O)CO. The standard InChI is InChI=1S/C7H12O7/c8-1-3(10)5(12)7(14)6(13)4(11)2-9/h1,4,6-11,13-14H,2H2. The van der Waals surface area contributed by atoms with E-state index in [0.717, 1.165) is 0 Å². The van der Waals surface area contributed by atoms with E-state index in [0.29, 0.717) is 0 Å². The van der Waals surface area contributed by atoms with E-state index < -0.39 is 36.5 Å². The number of carbonyl (C=O) groups excluding carboxylic acids is 1. The number of Topliss-reactive ketones (excluding diaryl/α,β-unsaturated/α-hetero) is 1. The Balaban J connectivity index is 4.46. The monoisotopic (exact) mass is 208 g/mol. The van der Waals surface area contributed by atoms with Crippen LogP contribution in [0.1, 0.15) is 0 Å². The third-order valence-corrected chi connectivity index (χ3v) is 1.55. The summed E-state index contributed by atoms with van der Waals surface area (Å²) in [4.78, 5) is 10.9. The van der Waals surface area contributed by atoms with Crippen LogP contribution in [-0.4, -0.2) is 61.3 Å². The van der Waals surface area contributed by atoms with Gasteiger partial charge in [0.25, 0.3) is 0 Å². The van der Waals surface area contributed by atoms with Crippen molar-refractivity contribution < 1.29 is 35.4 Å². The van der Waals surface area contributed by atoms with E-state index in [4.69, 9.17) is 30.6 Å². The van der Waals surface area contributed by atoms with Gasteiger partial charge in [-0.2, -0.15) is 0 Å². The van der Waals surface area contributed by atoms with Crippen molar-refractivity contribution in [1.82, 2.24) is 0 Å². The smallest absolute Gasteiger partial charge is 0.231 e. The highest BCUT2D eigenvalue weighted by atomic mass is 16.4. The minimum atomic E-state index is -2.11. The second-order valence-electron chi connectivity index (χ2n) is 2.56. The first-order chi connectivity index (χ1) is 6.45. The molecule has 0 fully saturated rings. The highest BCUT2D eigenvalue weighted by Gasteiger charge is 2.31. The molecule has 0 bridgehead atoms. The molecule has 0 rings (SSSR count). The molecule has 0 aromatic carbocycles. The molecule has 7 nitrogen and oxygen atoms in total. The average Bonchev–Trinajstić information content (AvgIpc) is 2.23. The van der Waals surface area contributed by atoms with Gasteiger partial charge in [-0.1, -0.05) is 0 Å². The lowest BCUT2D eigenvalue weighted by molar-refractivity contribution is -0.139. The Kier molecular flexibility index (Phi) is 5.10. The van der Waals surface area contributed by atoms with Crippen LogP contribution in [0.3, 0.4) is 0 Å². The summed E-state index contributed by atoms with van der Waals surface area (Å²) in [5.74, 6) is -2.51. The van der Waals surface area contributed by atoms with Gasteiger partial charge in [-0.3, -0.25) is 4.79 Å². The highest BCUT2D eigenvalue weighted by molar-refractivity contribution is 5.96. The summed E-state index contributed by atoms with van der Waals surface area (Å²) in [6.45, 7) is -0.852. The van der Waals surface area contributed by atoms with Crippen molar-refractivity contribution in [2.75, 3.05) is 6.61 Å². The van der Waals surface area contributed by atoms with Gasteiger partial charge in [-0.25, -0.2) is 0 Å². The predicted octanol–water partition coefficient (Wildman–Crippen LogP) is -2.41. The largest absolute Gasteiger partial charge is 0.512 e. The molecule has 0 aliphatic carbocycles. The predicted molar refractivity (Wildman–Crippen MR) is 43.5 cm³/mol. The van der Waals surface area contributed by atoms with Gasteiger partial charge < -0.3 is 30.6 Å². The Morgan fingerprint density at radius 3 is 2.14 bits per heavy atom. The molecule has 0 spiro atoms. The summed E-state index contributed by atoms with van der Waals surface area (Å²) < 4.78 is 0. The number of hydrogen-bond acceptors (Lipinski definition) is 7. The Bertz CT molecular complexity index is 224. The summed E-state index contributed by atoms with van der Waals surface area (Å²) in [6.07, 6.45) is -5.71. The van der Waals surface area contributed by atoms with E-state index in [-0.39, 0.29) is 6.26 Å². The molecule has 82 valence electrons. The number of hydrogen-bond donors (Lipinski definition) is 6. The van der Waals surface area contributed by atoms with Crippen LogP contribution >= 0.6 is 0 Å². The minimum Gasteiger partial charge on any atom is -0.512 e. The van der Waals surface area contributed by atoms with Crippen LogP contribution in [0.2, 0.25) is 0 Å². The Morgan fingerprint density at radius 2 is 1.79 bits per heavy atom. The molecule has 0 amide bonds. The van der Waals surface area contributed by atoms with Crippen molar-refractivity contribution >= 4 is 5.78 Å². The number of rotatable bonds is 5. The van der Waals surface area contributed by atoms with Crippen LogP contribution < -0.4 is 0 Å². The second kappa shape index (κ2) is 5.55. The van der Waals surface area contributed by atoms with Gasteiger partial charge in [0.05, 0.1) is 6.61 Å². The van der Waals surface area contributed by atoms with Crippen molar-refractivity contribution in [1.29, 1.82) is 0 Å². The van der Waals surface area contributed by atoms with Gasteiger partial charge in [0, 0.05) is 0 Å². The fourth-order valence-electron chi connectivity index (χ4n) is 0.689. The highest BCUT2D eigenvalue weighted by Crippen LogP contribution is 2.05. The zero-order valence-corrected chi connectivity index (χ0v) is 7.11. The lowest BCUT2D eigenvalue weighted by Crippen LogP contribution is -2.44. The summed E-state index contributed by atoms with van der Waals surface area (Å²) in [5, 5.41) is 52.0. The second-order valence-corrected chi connectivity index (χ2v) is 2.56. The van der Waals surface area contributed by atoms with Gasteiger partial charge in [-0.15, -0.1) is 0 Å². The fraction of sp³-hybridized carbons (Fsp3) is 0.571. The molecule has 0 saturated carbocycles. The summed E-state index contributed by atoms with van der Waals surface area (Å²) in [7, 11) is 0. The van der Waals surface area contributed by atoms with Crippen LogP contribution in [0.5, 0.6) is 0 Å². The number of aliphatic hydroxyl groups is 6. The van der Waals surface area contributed by atoms with Crippen LogP contribution in [0.15, 0.2) is 12.0 Å². The first-order valence-corrected chi connectivity index (χ1v) is 3.68. The molecule has 3 unspecified atom stereocenters. The normalized spacial score (nSPS) is 18.7. The van der Waals surface area contributed by atoms with Crippen LogP contribution in [-0.2, 0) is 4.79 Å². The zero-order chi connectivity index (χ0) is 11.3. The Hall–Kier alpha value is -1.15. The van der Waals surface area contributed by atoms with Gasteiger partial charge in [0.1, 0.15) is 24.6 Å². The summed E-state index contributed by atoms with van der Waals surface area (Å²) >= 11 is 0. The quantitative estimate of drug-likeness (QED) is 0.218. The molecule has 0 aromatic heterocycles. The molecule has 0 saturated heterocycles. The van der Waals surface area contributed by atoms with E-state index in [1.54, 1.807) is 0 Å². The van der Waals surface area contributed by atoms with E-state index in [2.05, 4.69) is 0 Å². The van der Waals surface area contributed by atoms with Gasteiger partial charge >= 0.3 is 0 Å². The molecule has 0 aliphatic rings. The topological polar surface area (TPSA) is 138 Å². The van der Waals surface area contributed by atoms with Gasteiger partial charge in [0.2, 0.25) is 5.78 Å². The van der Waals surface area contributed by atoms with Crippen molar-refractivity contribution in [2.45, 2.75) is 18.3 Å². The molecule has 0 heterocycles. The molecule has 14 heavy (non-hydrogen) atoms. The number of carbonyl (C=O) groups is 1. The van der Waals surface area contributed by atoms with Crippen LogP contribution in [0, 0.1) is 0 Å². The van der Waals surface area contributed by atoms with Crippen molar-refractivity contribution in [2.24, 2.45) is 0 Å². The maximum atomic E-state index is 10.9. The molecule has 0 aromatic rings. The fourth-order valence-corrected chi connectivity index (χ4v) is 0.689. The lowest BCUT2D eigenvalue weighted by Gasteiger charge is -2.19. The van der Waals surface area contributed by atoms with Gasteiger partial charge in [0.15, 0.2) is 5.76 Å². The minimum absolute atomic E-state index is 0.0452. The first-order valence-electron chi connectivity index (χ1n) is 3.68. The van der Waals surface area contributed by atoms with E-state index >= 15 is 0 Å². The van der Waals surface area contributed by atoms with Crippen LogP contribution in [0.25, 0.3) is 0 Å². The van der Waals surface area contributed by atoms with Crippen molar-refractivity contribution in [3.8, 4) is 0 Å². The Morgan fingerprint density at radius 1 is 1.29 bits per heavy atom. The van der Waals surface area contributed by atoms with Crippen molar-refractivity contribution in [3.63, 3.8) is 0 Å². The summed E-state index contributed by atoms with van der Waals surface area (Å²) in [6, 6.07) is 0. The van der Waals surface area contributed by atoms with Gasteiger partial charge in [-0.05, 0) is 0 Å². The average molecular weight is 208 g/mol. The van der Waals surface area contributed by atoms with E-state index in [1.165, 1.54) is 0 Å². The Labute approximate surface area is 79.2 Å². The molecule has 0 radical (unpaired) electrons. The number of ketones is 1. The maximum absolute atomic E-state index is 10.9. The summed E-state index contributed by atoms with van der Waals surface area (Å²) in [5.41, 5.74) is 0. The van der Waals surface area contributed by atoms with Crippen molar-refractivity contribution in [3.05, 3.63) is 12.0 Å². The first kappa shape index (κ1) is 12.8. The lowest BCUT2D eigenvalue weighted by atomic mass is 10.0. The molecule has 7 heteroatoms. The van der Waals surface area contributed by atoms with E-state index in [9.17, 15) is 4.79 Å². The molecular weight excluding hydrogens is 196 g/mol. The third-order valence-electron chi connectivity index (χ3n) is 1.55. The maximum Gasteiger partial charge on any atom is 0.231 e. The van der Waals surface area contributed by atoms with Crippen LogP contribution in [0.4, 0.5) is 0 Å². The molecular formula is C7H12O7. The number of aliphatic hydroxyl groups excluding tert-OH is 6. The van der Waals surface area contributed by atoms with E-state index in [1.807, 2.05) is 0 Å². The third kappa shape index (κ3) is 2.96. The zero-order valence-electron chi connectivity index (χ0n) is 7.11.